The number of nitrogens with zero attached hydrogens (tertiary/aromatic N) is 2. The fourth-order valence-corrected chi connectivity index (χ4v) is 2.84. The van der Waals surface area contributed by atoms with Crippen LogP contribution in [0.2, 0.25) is 5.15 Å². The summed E-state index contributed by atoms with van der Waals surface area (Å²) in [6.45, 7) is 1.71. The van der Waals surface area contributed by atoms with E-state index in [0.29, 0.717) is 5.56 Å². The first-order valence-corrected chi connectivity index (χ1v) is 8.07. The predicted molar refractivity (Wildman–Crippen MR) is 80.5 cm³/mol. The van der Waals surface area contributed by atoms with E-state index in [1.807, 2.05) is 0 Å². The van der Waals surface area contributed by atoms with Crippen LogP contribution in [0.4, 0.5) is 0 Å². The Hall–Kier alpha value is -1.97. The van der Waals surface area contributed by atoms with E-state index < -0.39 is 21.3 Å². The summed E-state index contributed by atoms with van der Waals surface area (Å²) < 4.78 is 27.7. The molecule has 0 spiro atoms. The molecule has 10 heteroatoms. The molecule has 0 aliphatic heterocycles. The number of aromatic amines is 1. The molecule has 0 aliphatic carbocycles. The predicted octanol–water partition coefficient (Wildman–Crippen LogP) is -0.128. The van der Waals surface area contributed by atoms with Gasteiger partial charge in [-0.15, -0.1) is 0 Å². The fraction of sp³-hybridized carbons (Fsp3) is 0.250. The smallest absolute Gasteiger partial charge is 0.299 e. The number of aromatic nitrogens is 3. The lowest BCUT2D eigenvalue weighted by atomic mass is 10.3. The van der Waals surface area contributed by atoms with Gasteiger partial charge < -0.3 is 0 Å². The molecule has 0 amide bonds. The molecular weight excluding hydrogens is 332 g/mol. The highest BCUT2D eigenvalue weighted by atomic mass is 35.5. The lowest BCUT2D eigenvalue weighted by Gasteiger charge is -2.08. The Labute approximate surface area is 130 Å². The second kappa shape index (κ2) is 6.42. The van der Waals surface area contributed by atoms with E-state index in [4.69, 9.17) is 11.6 Å². The van der Waals surface area contributed by atoms with Crippen molar-refractivity contribution in [1.29, 1.82) is 0 Å². The molecule has 2 N–H and O–H groups in total. The molecule has 2 heterocycles. The molecule has 0 fully saturated rings. The monoisotopic (exact) mass is 344 g/mol. The van der Waals surface area contributed by atoms with Crippen LogP contribution >= 0.6 is 11.6 Å². The Morgan fingerprint density at radius 3 is 2.77 bits per heavy atom. The lowest BCUT2D eigenvalue weighted by Crippen LogP contribution is -2.34. The maximum atomic E-state index is 12.1. The Bertz CT molecular complexity index is 904. The van der Waals surface area contributed by atoms with Crippen molar-refractivity contribution in [2.75, 3.05) is 6.54 Å². The van der Waals surface area contributed by atoms with Crippen molar-refractivity contribution in [3.63, 3.8) is 0 Å². The molecule has 0 aromatic carbocycles. The van der Waals surface area contributed by atoms with Gasteiger partial charge in [0.05, 0.1) is 0 Å². The molecule has 2 aromatic heterocycles. The second-order valence-electron chi connectivity index (χ2n) is 4.48. The molecule has 2 aromatic rings. The molecule has 8 nitrogen and oxygen atoms in total. The quantitative estimate of drug-likeness (QED) is 0.733. The second-order valence-corrected chi connectivity index (χ2v) is 6.61. The number of sulfonamides is 1. The highest BCUT2D eigenvalue weighted by molar-refractivity contribution is 7.89. The number of aryl methyl sites for hydroxylation is 1. The van der Waals surface area contributed by atoms with Gasteiger partial charge in [-0.2, -0.15) is 0 Å². The van der Waals surface area contributed by atoms with Crippen LogP contribution in [0, 0.1) is 6.92 Å². The fourth-order valence-electron chi connectivity index (χ4n) is 1.68. The van der Waals surface area contributed by atoms with Gasteiger partial charge in [-0.1, -0.05) is 11.6 Å². The average molecular weight is 345 g/mol. The van der Waals surface area contributed by atoms with Crippen LogP contribution in [0.25, 0.3) is 0 Å². The van der Waals surface area contributed by atoms with Gasteiger partial charge in [0.1, 0.15) is 10.0 Å². The normalized spacial score (nSPS) is 11.5. The van der Waals surface area contributed by atoms with Crippen LogP contribution < -0.4 is 16.0 Å². The van der Waals surface area contributed by atoms with Gasteiger partial charge in [-0.05, 0) is 18.6 Å². The number of halogens is 1. The van der Waals surface area contributed by atoms with Gasteiger partial charge in [0.2, 0.25) is 10.0 Å². The number of nitrogens with one attached hydrogen (secondary N) is 2. The summed E-state index contributed by atoms with van der Waals surface area (Å²) in [6, 6.07) is 2.59. The van der Waals surface area contributed by atoms with Crippen LogP contribution in [-0.4, -0.2) is 29.5 Å². The third-order valence-corrected chi connectivity index (χ3v) is 4.66. The zero-order valence-corrected chi connectivity index (χ0v) is 13.1. The molecule has 0 atom stereocenters. The molecule has 0 aliphatic rings. The zero-order valence-electron chi connectivity index (χ0n) is 11.5. The van der Waals surface area contributed by atoms with Crippen molar-refractivity contribution in [2.24, 2.45) is 0 Å². The SMILES string of the molecule is Cc1cc(S(=O)(=O)NCCn2ccc(=O)[nH]c2=O)cnc1Cl. The number of pyridine rings is 1. The summed E-state index contributed by atoms with van der Waals surface area (Å²) in [4.78, 5) is 28.2. The summed E-state index contributed by atoms with van der Waals surface area (Å²) in [5.74, 6) is 0. The number of hydrogen-bond donors (Lipinski definition) is 2. The van der Waals surface area contributed by atoms with Crippen LogP contribution in [0.1, 0.15) is 5.56 Å². The minimum Gasteiger partial charge on any atom is -0.299 e. The van der Waals surface area contributed by atoms with Gasteiger partial charge in [-0.3, -0.25) is 14.3 Å². The first-order valence-electron chi connectivity index (χ1n) is 6.21. The Morgan fingerprint density at radius 2 is 2.14 bits per heavy atom. The molecule has 0 saturated heterocycles. The van der Waals surface area contributed by atoms with Gasteiger partial charge in [-0.25, -0.2) is 22.9 Å². The van der Waals surface area contributed by atoms with Crippen molar-refractivity contribution in [1.82, 2.24) is 19.3 Å². The number of H-pyrrole nitrogens is 1. The molecule has 0 bridgehead atoms. The van der Waals surface area contributed by atoms with E-state index >= 15 is 0 Å². The molecule has 0 saturated carbocycles. The molecule has 118 valence electrons. The summed E-state index contributed by atoms with van der Waals surface area (Å²) >= 11 is 5.75. The molecule has 22 heavy (non-hydrogen) atoms. The third-order valence-electron chi connectivity index (χ3n) is 2.84. The third kappa shape index (κ3) is 3.81. The summed E-state index contributed by atoms with van der Waals surface area (Å²) in [7, 11) is -3.75. The highest BCUT2D eigenvalue weighted by Gasteiger charge is 2.15. The minimum atomic E-state index is -3.75. The number of hydrogen-bond acceptors (Lipinski definition) is 5. The lowest BCUT2D eigenvalue weighted by molar-refractivity contribution is 0.567. The first-order chi connectivity index (χ1) is 10.3. The summed E-state index contributed by atoms with van der Waals surface area (Å²) in [5.41, 5.74) is -0.568. The highest BCUT2D eigenvalue weighted by Crippen LogP contribution is 2.15. The number of rotatable bonds is 5. The minimum absolute atomic E-state index is 0.0109. The zero-order chi connectivity index (χ0) is 16.3. The maximum absolute atomic E-state index is 12.1. The van der Waals surface area contributed by atoms with Crippen molar-refractivity contribution in [2.45, 2.75) is 18.4 Å². The molecule has 0 unspecified atom stereocenters. The average Bonchev–Trinajstić information content (AvgIpc) is 2.44. The summed E-state index contributed by atoms with van der Waals surface area (Å²) in [6.07, 6.45) is 2.45. The van der Waals surface area contributed by atoms with E-state index in [9.17, 15) is 18.0 Å². The van der Waals surface area contributed by atoms with E-state index in [-0.39, 0.29) is 23.1 Å². The van der Waals surface area contributed by atoms with E-state index in [2.05, 4.69) is 14.7 Å². The van der Waals surface area contributed by atoms with Crippen LogP contribution in [0.3, 0.4) is 0 Å². The van der Waals surface area contributed by atoms with E-state index in [0.717, 1.165) is 6.20 Å². The Morgan fingerprint density at radius 1 is 1.41 bits per heavy atom. The first kappa shape index (κ1) is 16.4. The maximum Gasteiger partial charge on any atom is 0.328 e. The van der Waals surface area contributed by atoms with E-state index in [1.54, 1.807) is 6.92 Å². The van der Waals surface area contributed by atoms with Gasteiger partial charge in [0, 0.05) is 31.5 Å². The summed E-state index contributed by atoms with van der Waals surface area (Å²) in [5, 5.41) is 0.235. The van der Waals surface area contributed by atoms with Gasteiger partial charge in [0.25, 0.3) is 5.56 Å². The van der Waals surface area contributed by atoms with Crippen molar-refractivity contribution in [3.8, 4) is 0 Å². The molecular formula is C12H13ClN4O4S. The van der Waals surface area contributed by atoms with Crippen LogP contribution in [-0.2, 0) is 16.6 Å². The van der Waals surface area contributed by atoms with Crippen LogP contribution in [0.15, 0.2) is 39.0 Å². The van der Waals surface area contributed by atoms with Gasteiger partial charge >= 0.3 is 5.69 Å². The molecule has 2 rings (SSSR count). The topological polar surface area (TPSA) is 114 Å². The Kier molecular flexibility index (Phi) is 4.79. The van der Waals surface area contributed by atoms with Crippen molar-refractivity contribution in [3.05, 3.63) is 56.1 Å². The Balaban J connectivity index is 2.08. The van der Waals surface area contributed by atoms with Crippen LogP contribution in [0.5, 0.6) is 0 Å². The standard InChI is InChI=1S/C12H13ClN4O4S/c1-8-6-9(7-14-11(8)13)22(20,21)15-3-5-17-4-2-10(18)16-12(17)19/h2,4,6-7,15H,3,5H2,1H3,(H,16,18,19). The van der Waals surface area contributed by atoms with Gasteiger partial charge in [0.15, 0.2) is 0 Å². The van der Waals surface area contributed by atoms with Crippen molar-refractivity contribution >= 4 is 21.6 Å². The van der Waals surface area contributed by atoms with Crippen molar-refractivity contribution < 1.29 is 8.42 Å². The largest absolute Gasteiger partial charge is 0.328 e. The molecule has 0 radical (unpaired) electrons. The van der Waals surface area contributed by atoms with E-state index in [1.165, 1.54) is 22.9 Å².